The lowest BCUT2D eigenvalue weighted by molar-refractivity contribution is 0.0952. The third-order valence-electron chi connectivity index (χ3n) is 3.51. The van der Waals surface area contributed by atoms with Crippen molar-refractivity contribution in [2.45, 2.75) is 32.1 Å². The van der Waals surface area contributed by atoms with Crippen LogP contribution in [0.15, 0.2) is 23.3 Å². The molecular formula is C15H19ClN2O2. The number of amides is 1. The first-order valence-corrected chi connectivity index (χ1v) is 7.25. The fourth-order valence-corrected chi connectivity index (χ4v) is 2.57. The van der Waals surface area contributed by atoms with Crippen LogP contribution in [0.1, 0.15) is 42.5 Å². The summed E-state index contributed by atoms with van der Waals surface area (Å²) in [6, 6.07) is 4.93. The van der Waals surface area contributed by atoms with Gasteiger partial charge < -0.3 is 4.74 Å². The molecule has 0 bridgehead atoms. The number of halogens is 1. The molecular weight excluding hydrogens is 276 g/mol. The summed E-state index contributed by atoms with van der Waals surface area (Å²) in [5.74, 6) is 0.654. The zero-order chi connectivity index (χ0) is 14.4. The van der Waals surface area contributed by atoms with Crippen LogP contribution in [0.3, 0.4) is 0 Å². The Morgan fingerprint density at radius 3 is 2.85 bits per heavy atom. The summed E-state index contributed by atoms with van der Waals surface area (Å²) in [6.45, 7) is 0. The van der Waals surface area contributed by atoms with Crippen molar-refractivity contribution in [3.8, 4) is 5.75 Å². The summed E-state index contributed by atoms with van der Waals surface area (Å²) in [4.78, 5) is 12.1. The molecule has 0 atom stereocenters. The molecule has 5 heteroatoms. The fourth-order valence-electron chi connectivity index (χ4n) is 2.40. The first-order valence-electron chi connectivity index (χ1n) is 6.88. The Hall–Kier alpha value is -1.55. The summed E-state index contributed by atoms with van der Waals surface area (Å²) >= 11 is 5.90. The standard InChI is InChI=1S/C15H19ClN2O2/c1-20-14-8-7-12(16)9-13(14)15(19)18-17-10-11-5-3-2-4-6-11/h7-11H,2-6H2,1H3,(H,18,19). The molecule has 0 spiro atoms. The van der Waals surface area contributed by atoms with Gasteiger partial charge in [0.2, 0.25) is 0 Å². The first kappa shape index (κ1) is 14.9. The largest absolute Gasteiger partial charge is 0.496 e. The van der Waals surface area contributed by atoms with E-state index in [1.165, 1.54) is 26.4 Å². The number of nitrogens with zero attached hydrogens (tertiary/aromatic N) is 1. The molecule has 20 heavy (non-hydrogen) atoms. The highest BCUT2D eigenvalue weighted by Crippen LogP contribution is 2.23. The topological polar surface area (TPSA) is 50.7 Å². The van der Waals surface area contributed by atoms with E-state index in [0.717, 1.165) is 12.8 Å². The molecule has 0 saturated heterocycles. The van der Waals surface area contributed by atoms with Crippen LogP contribution in [0.5, 0.6) is 5.75 Å². The van der Waals surface area contributed by atoms with E-state index in [0.29, 0.717) is 22.3 Å². The number of ether oxygens (including phenoxy) is 1. The highest BCUT2D eigenvalue weighted by atomic mass is 35.5. The Bertz CT molecular complexity index is 497. The van der Waals surface area contributed by atoms with Gasteiger partial charge in [-0.05, 0) is 37.0 Å². The SMILES string of the molecule is COc1ccc(Cl)cc1C(=O)NN=CC1CCCCC1. The molecule has 0 aromatic heterocycles. The van der Waals surface area contributed by atoms with Gasteiger partial charge in [-0.3, -0.25) is 4.79 Å². The van der Waals surface area contributed by atoms with Crippen molar-refractivity contribution < 1.29 is 9.53 Å². The highest BCUT2D eigenvalue weighted by Gasteiger charge is 2.13. The molecule has 1 aliphatic rings. The third kappa shape index (κ3) is 3.97. The second kappa shape index (κ2) is 7.29. The number of carbonyl (C=O) groups is 1. The second-order valence-electron chi connectivity index (χ2n) is 4.96. The molecule has 108 valence electrons. The monoisotopic (exact) mass is 294 g/mol. The lowest BCUT2D eigenvalue weighted by atomic mass is 9.90. The average molecular weight is 295 g/mol. The smallest absolute Gasteiger partial charge is 0.275 e. The van der Waals surface area contributed by atoms with E-state index in [4.69, 9.17) is 16.3 Å². The van der Waals surface area contributed by atoms with Crippen molar-refractivity contribution in [1.29, 1.82) is 0 Å². The molecule has 1 N–H and O–H groups in total. The summed E-state index contributed by atoms with van der Waals surface area (Å²) in [7, 11) is 1.52. The predicted molar refractivity (Wildman–Crippen MR) is 80.5 cm³/mol. The number of hydrogen-bond acceptors (Lipinski definition) is 3. The molecule has 1 amide bonds. The van der Waals surface area contributed by atoms with E-state index in [1.54, 1.807) is 18.2 Å². The number of hydrogen-bond donors (Lipinski definition) is 1. The van der Waals surface area contributed by atoms with Crippen LogP contribution in [-0.2, 0) is 0 Å². The number of rotatable bonds is 4. The van der Waals surface area contributed by atoms with Crippen LogP contribution in [0.25, 0.3) is 0 Å². The van der Waals surface area contributed by atoms with Crippen molar-refractivity contribution in [3.05, 3.63) is 28.8 Å². The molecule has 1 saturated carbocycles. The maximum absolute atomic E-state index is 12.1. The van der Waals surface area contributed by atoms with Crippen molar-refractivity contribution in [3.63, 3.8) is 0 Å². The zero-order valence-electron chi connectivity index (χ0n) is 11.6. The van der Waals surface area contributed by atoms with Gasteiger partial charge in [0, 0.05) is 11.2 Å². The van der Waals surface area contributed by atoms with Crippen LogP contribution in [0.4, 0.5) is 0 Å². The van der Waals surface area contributed by atoms with E-state index >= 15 is 0 Å². The van der Waals surface area contributed by atoms with Gasteiger partial charge in [-0.1, -0.05) is 30.9 Å². The fraction of sp³-hybridized carbons (Fsp3) is 0.467. The van der Waals surface area contributed by atoms with Crippen LogP contribution in [0, 0.1) is 5.92 Å². The van der Waals surface area contributed by atoms with Gasteiger partial charge >= 0.3 is 0 Å². The van der Waals surface area contributed by atoms with Crippen LogP contribution < -0.4 is 10.2 Å². The molecule has 2 rings (SSSR count). The molecule has 4 nitrogen and oxygen atoms in total. The Labute approximate surface area is 124 Å². The molecule has 1 aromatic carbocycles. The van der Waals surface area contributed by atoms with E-state index in [1.807, 2.05) is 6.21 Å². The Morgan fingerprint density at radius 2 is 2.15 bits per heavy atom. The summed E-state index contributed by atoms with van der Waals surface area (Å²) in [5.41, 5.74) is 2.93. The molecule has 0 radical (unpaired) electrons. The highest BCUT2D eigenvalue weighted by molar-refractivity contribution is 6.31. The van der Waals surface area contributed by atoms with Crippen molar-refractivity contribution >= 4 is 23.7 Å². The number of carbonyl (C=O) groups excluding carboxylic acids is 1. The third-order valence-corrected chi connectivity index (χ3v) is 3.74. The molecule has 0 unspecified atom stereocenters. The van der Waals surface area contributed by atoms with Gasteiger partial charge in [-0.2, -0.15) is 5.10 Å². The number of methoxy groups -OCH3 is 1. The van der Waals surface area contributed by atoms with Crippen molar-refractivity contribution in [1.82, 2.24) is 5.43 Å². The summed E-state index contributed by atoms with van der Waals surface area (Å²) < 4.78 is 5.15. The van der Waals surface area contributed by atoms with Crippen LogP contribution >= 0.6 is 11.6 Å². The Balaban J connectivity index is 1.97. The van der Waals surface area contributed by atoms with E-state index in [2.05, 4.69) is 10.5 Å². The molecule has 1 fully saturated rings. The van der Waals surface area contributed by atoms with Crippen LogP contribution in [-0.4, -0.2) is 19.2 Å². The maximum Gasteiger partial charge on any atom is 0.275 e. The molecule has 0 aliphatic heterocycles. The number of hydrazone groups is 1. The van der Waals surface area contributed by atoms with Gasteiger partial charge in [-0.25, -0.2) is 5.43 Å². The second-order valence-corrected chi connectivity index (χ2v) is 5.40. The van der Waals surface area contributed by atoms with E-state index in [9.17, 15) is 4.79 Å². The lowest BCUT2D eigenvalue weighted by Crippen LogP contribution is -2.20. The summed E-state index contributed by atoms with van der Waals surface area (Å²) in [5, 5.41) is 4.55. The summed E-state index contributed by atoms with van der Waals surface area (Å²) in [6.07, 6.45) is 7.93. The first-order chi connectivity index (χ1) is 9.70. The average Bonchev–Trinajstić information content (AvgIpc) is 2.48. The van der Waals surface area contributed by atoms with Crippen LogP contribution in [0.2, 0.25) is 5.02 Å². The zero-order valence-corrected chi connectivity index (χ0v) is 12.3. The molecule has 0 heterocycles. The minimum atomic E-state index is -0.309. The van der Waals surface area contributed by atoms with Gasteiger partial charge in [0.25, 0.3) is 5.91 Å². The van der Waals surface area contributed by atoms with Gasteiger partial charge in [0.1, 0.15) is 5.75 Å². The normalized spacial score (nSPS) is 16.3. The molecule has 1 aliphatic carbocycles. The minimum Gasteiger partial charge on any atom is -0.496 e. The number of benzene rings is 1. The van der Waals surface area contributed by atoms with Crippen molar-refractivity contribution in [2.24, 2.45) is 11.0 Å². The Kier molecular flexibility index (Phi) is 5.41. The van der Waals surface area contributed by atoms with E-state index < -0.39 is 0 Å². The lowest BCUT2D eigenvalue weighted by Gasteiger charge is -2.16. The van der Waals surface area contributed by atoms with Gasteiger partial charge in [0.05, 0.1) is 12.7 Å². The predicted octanol–water partition coefficient (Wildman–Crippen LogP) is 3.64. The minimum absolute atomic E-state index is 0.309. The van der Waals surface area contributed by atoms with E-state index in [-0.39, 0.29) is 5.91 Å². The van der Waals surface area contributed by atoms with Crippen molar-refractivity contribution in [2.75, 3.05) is 7.11 Å². The van der Waals surface area contributed by atoms with Gasteiger partial charge in [-0.15, -0.1) is 0 Å². The Morgan fingerprint density at radius 1 is 1.40 bits per heavy atom. The number of nitrogens with one attached hydrogen (secondary N) is 1. The van der Waals surface area contributed by atoms with Gasteiger partial charge in [0.15, 0.2) is 0 Å². The molecule has 1 aromatic rings. The quantitative estimate of drug-likeness (QED) is 0.681. The maximum atomic E-state index is 12.1.